The molecule has 3 N–H and O–H groups in total. The summed E-state index contributed by atoms with van der Waals surface area (Å²) in [5.74, 6) is 0.632. The zero-order chi connectivity index (χ0) is 13.0. The highest BCUT2D eigenvalue weighted by molar-refractivity contribution is 6.30. The fraction of sp³-hybridized carbons (Fsp3) is 0.250. The van der Waals surface area contributed by atoms with Crippen LogP contribution in [0.25, 0.3) is 0 Å². The molecule has 5 nitrogen and oxygen atoms in total. The molecule has 2 rings (SSSR count). The maximum Gasteiger partial charge on any atom is 0.121 e. The largest absolute Gasteiger partial charge is 0.491 e. The van der Waals surface area contributed by atoms with Gasteiger partial charge in [0.15, 0.2) is 0 Å². The summed E-state index contributed by atoms with van der Waals surface area (Å²) >= 11 is 5.72. The molecular weight excluding hydrogens is 254 g/mol. The fourth-order valence-electron chi connectivity index (χ4n) is 1.50. The van der Waals surface area contributed by atoms with E-state index in [1.807, 2.05) is 0 Å². The molecule has 0 aliphatic rings. The number of ether oxygens (including phenoxy) is 1. The van der Waals surface area contributed by atoms with Gasteiger partial charge in [-0.1, -0.05) is 17.7 Å². The van der Waals surface area contributed by atoms with E-state index < -0.39 is 6.10 Å². The molecule has 0 aliphatic heterocycles. The third-order valence-corrected chi connectivity index (χ3v) is 2.50. The number of benzene rings is 1. The summed E-state index contributed by atoms with van der Waals surface area (Å²) < 4.78 is 6.99. The highest BCUT2D eigenvalue weighted by Crippen LogP contribution is 2.14. The second kappa shape index (κ2) is 5.75. The number of nitrogens with two attached hydrogens (primary N) is 1. The van der Waals surface area contributed by atoms with Crippen LogP contribution in [-0.2, 0) is 6.54 Å². The zero-order valence-electron chi connectivity index (χ0n) is 9.66. The van der Waals surface area contributed by atoms with Gasteiger partial charge in [0, 0.05) is 18.0 Å². The van der Waals surface area contributed by atoms with Gasteiger partial charge in [0.2, 0.25) is 0 Å². The van der Waals surface area contributed by atoms with Crippen molar-refractivity contribution < 1.29 is 9.84 Å². The number of anilines is 1. The van der Waals surface area contributed by atoms with Gasteiger partial charge in [0.1, 0.15) is 18.5 Å². The van der Waals surface area contributed by atoms with Gasteiger partial charge in [0.05, 0.1) is 17.8 Å². The molecule has 0 fully saturated rings. The molecule has 1 unspecified atom stereocenters. The molecule has 96 valence electrons. The molecule has 0 saturated carbocycles. The maximum atomic E-state index is 9.78. The average Bonchev–Trinajstić information content (AvgIpc) is 2.72. The lowest BCUT2D eigenvalue weighted by Crippen LogP contribution is -2.23. The predicted octanol–water partition coefficient (Wildman–Crippen LogP) is 1.56. The van der Waals surface area contributed by atoms with E-state index in [1.165, 1.54) is 6.20 Å². The molecule has 1 aromatic heterocycles. The first kappa shape index (κ1) is 12.7. The van der Waals surface area contributed by atoms with Crippen LogP contribution in [-0.4, -0.2) is 27.6 Å². The van der Waals surface area contributed by atoms with Crippen LogP contribution in [0.3, 0.4) is 0 Å². The molecule has 2 aromatic rings. The summed E-state index contributed by atoms with van der Waals surface area (Å²) in [6.07, 6.45) is 2.50. The van der Waals surface area contributed by atoms with Gasteiger partial charge in [-0.2, -0.15) is 5.10 Å². The van der Waals surface area contributed by atoms with E-state index in [1.54, 1.807) is 35.1 Å². The number of hydrogen-bond acceptors (Lipinski definition) is 4. The molecule has 0 spiro atoms. The Hall–Kier alpha value is -1.72. The molecule has 1 heterocycles. The van der Waals surface area contributed by atoms with E-state index in [4.69, 9.17) is 22.1 Å². The molecule has 0 radical (unpaired) electrons. The number of nitrogens with zero attached hydrogens (tertiary/aromatic N) is 2. The molecule has 0 bridgehead atoms. The molecule has 1 aromatic carbocycles. The van der Waals surface area contributed by atoms with Gasteiger partial charge in [-0.25, -0.2) is 0 Å². The van der Waals surface area contributed by atoms with Gasteiger partial charge in [0.25, 0.3) is 0 Å². The molecule has 0 saturated heterocycles. The Morgan fingerprint density at radius 3 is 3.00 bits per heavy atom. The van der Waals surface area contributed by atoms with Gasteiger partial charge < -0.3 is 15.6 Å². The summed E-state index contributed by atoms with van der Waals surface area (Å²) in [5.41, 5.74) is 6.25. The average molecular weight is 268 g/mol. The smallest absolute Gasteiger partial charge is 0.121 e. The first-order valence-corrected chi connectivity index (χ1v) is 5.85. The van der Waals surface area contributed by atoms with E-state index in [0.29, 0.717) is 23.0 Å². The van der Waals surface area contributed by atoms with Crippen molar-refractivity contribution in [1.29, 1.82) is 0 Å². The quantitative estimate of drug-likeness (QED) is 0.807. The monoisotopic (exact) mass is 267 g/mol. The van der Waals surface area contributed by atoms with Crippen molar-refractivity contribution in [2.24, 2.45) is 0 Å². The fourth-order valence-corrected chi connectivity index (χ4v) is 1.66. The van der Waals surface area contributed by atoms with Crippen LogP contribution >= 0.6 is 11.6 Å². The van der Waals surface area contributed by atoms with Crippen molar-refractivity contribution in [3.8, 4) is 5.75 Å². The molecule has 18 heavy (non-hydrogen) atoms. The van der Waals surface area contributed by atoms with Crippen molar-refractivity contribution in [2.75, 3.05) is 12.3 Å². The predicted molar refractivity (Wildman–Crippen MR) is 69.6 cm³/mol. The van der Waals surface area contributed by atoms with Gasteiger partial charge in [-0.3, -0.25) is 4.68 Å². The molecule has 0 aliphatic carbocycles. The van der Waals surface area contributed by atoms with Crippen LogP contribution in [0.1, 0.15) is 0 Å². The Labute approximate surface area is 110 Å². The van der Waals surface area contributed by atoms with Crippen molar-refractivity contribution in [3.05, 3.63) is 41.7 Å². The second-order valence-electron chi connectivity index (χ2n) is 3.92. The van der Waals surface area contributed by atoms with Crippen molar-refractivity contribution in [3.63, 3.8) is 0 Å². The van der Waals surface area contributed by atoms with E-state index >= 15 is 0 Å². The normalized spacial score (nSPS) is 12.3. The summed E-state index contributed by atoms with van der Waals surface area (Å²) in [5, 5.41) is 14.3. The van der Waals surface area contributed by atoms with Crippen LogP contribution < -0.4 is 10.5 Å². The van der Waals surface area contributed by atoms with Crippen molar-refractivity contribution in [2.45, 2.75) is 12.6 Å². The van der Waals surface area contributed by atoms with Crippen LogP contribution in [0.15, 0.2) is 36.7 Å². The van der Waals surface area contributed by atoms with Crippen LogP contribution in [0.5, 0.6) is 5.75 Å². The number of aromatic nitrogens is 2. The number of aliphatic hydroxyl groups excluding tert-OH is 1. The lowest BCUT2D eigenvalue weighted by Gasteiger charge is -2.12. The van der Waals surface area contributed by atoms with E-state index in [9.17, 15) is 5.11 Å². The van der Waals surface area contributed by atoms with Gasteiger partial charge in [-0.15, -0.1) is 0 Å². The second-order valence-corrected chi connectivity index (χ2v) is 4.35. The van der Waals surface area contributed by atoms with Crippen LogP contribution in [0.2, 0.25) is 5.02 Å². The lowest BCUT2D eigenvalue weighted by molar-refractivity contribution is 0.0894. The van der Waals surface area contributed by atoms with E-state index in [-0.39, 0.29) is 6.61 Å². The van der Waals surface area contributed by atoms with Crippen molar-refractivity contribution >= 4 is 17.3 Å². The molecule has 0 amide bonds. The number of rotatable bonds is 5. The van der Waals surface area contributed by atoms with Crippen LogP contribution in [0, 0.1) is 0 Å². The summed E-state index contributed by atoms with van der Waals surface area (Å²) in [4.78, 5) is 0. The van der Waals surface area contributed by atoms with Crippen LogP contribution in [0.4, 0.5) is 5.69 Å². The van der Waals surface area contributed by atoms with E-state index in [0.717, 1.165) is 0 Å². The first-order valence-electron chi connectivity index (χ1n) is 5.48. The number of nitrogen functional groups attached to an aromatic ring is 1. The standard InChI is InChI=1S/C12H14ClN3O2/c13-9-5-15-16(6-9)7-11(17)8-18-12-3-1-2-10(14)4-12/h1-6,11,17H,7-8,14H2. The Kier molecular flexibility index (Phi) is 4.07. The van der Waals surface area contributed by atoms with Crippen molar-refractivity contribution in [1.82, 2.24) is 9.78 Å². The molecule has 1 atom stereocenters. The Morgan fingerprint density at radius 2 is 2.33 bits per heavy atom. The minimum atomic E-state index is -0.664. The summed E-state index contributed by atoms with van der Waals surface area (Å²) in [6, 6.07) is 7.06. The highest BCUT2D eigenvalue weighted by atomic mass is 35.5. The van der Waals surface area contributed by atoms with Gasteiger partial charge in [-0.05, 0) is 12.1 Å². The number of hydrogen-bond donors (Lipinski definition) is 2. The first-order chi connectivity index (χ1) is 8.63. The minimum Gasteiger partial charge on any atom is -0.491 e. The maximum absolute atomic E-state index is 9.78. The Balaban J connectivity index is 1.83. The Morgan fingerprint density at radius 1 is 1.50 bits per heavy atom. The van der Waals surface area contributed by atoms with E-state index in [2.05, 4.69) is 5.10 Å². The third-order valence-electron chi connectivity index (χ3n) is 2.30. The van der Waals surface area contributed by atoms with Gasteiger partial charge >= 0.3 is 0 Å². The summed E-state index contributed by atoms with van der Waals surface area (Å²) in [7, 11) is 0. The Bertz CT molecular complexity index is 516. The topological polar surface area (TPSA) is 73.3 Å². The molecular formula is C12H14ClN3O2. The number of aliphatic hydroxyl groups is 1. The lowest BCUT2D eigenvalue weighted by atomic mass is 10.3. The SMILES string of the molecule is Nc1cccc(OCC(O)Cn2cc(Cl)cn2)c1. The number of halogens is 1. The summed E-state index contributed by atoms with van der Waals surface area (Å²) in [6.45, 7) is 0.496. The third kappa shape index (κ3) is 3.65. The molecule has 6 heteroatoms. The zero-order valence-corrected chi connectivity index (χ0v) is 10.4. The highest BCUT2D eigenvalue weighted by Gasteiger charge is 2.07. The minimum absolute atomic E-state index is 0.168.